The van der Waals surface area contributed by atoms with Gasteiger partial charge < -0.3 is 20.9 Å². The predicted octanol–water partition coefficient (Wildman–Crippen LogP) is 1.60. The van der Waals surface area contributed by atoms with Crippen molar-refractivity contribution in [3.63, 3.8) is 0 Å². The van der Waals surface area contributed by atoms with Gasteiger partial charge in [-0.2, -0.15) is 15.1 Å². The lowest BCUT2D eigenvalue weighted by atomic mass is 9.94. The number of H-pyrrole nitrogens is 1. The highest BCUT2D eigenvalue weighted by Gasteiger charge is 2.48. The zero-order valence-electron chi connectivity index (χ0n) is 17.6. The van der Waals surface area contributed by atoms with Crippen molar-refractivity contribution < 1.29 is 4.79 Å². The van der Waals surface area contributed by atoms with Gasteiger partial charge in [-0.25, -0.2) is 0 Å². The van der Waals surface area contributed by atoms with Crippen LogP contribution in [0.25, 0.3) is 5.65 Å². The highest BCUT2D eigenvalue weighted by atomic mass is 16.2. The summed E-state index contributed by atoms with van der Waals surface area (Å²) in [4.78, 5) is 26.8. The van der Waals surface area contributed by atoms with Crippen LogP contribution in [0.3, 0.4) is 0 Å². The van der Waals surface area contributed by atoms with Crippen molar-refractivity contribution in [1.29, 1.82) is 0 Å². The summed E-state index contributed by atoms with van der Waals surface area (Å²) in [7, 11) is 0. The lowest BCUT2D eigenvalue weighted by Gasteiger charge is -2.44. The number of aromatic nitrogens is 5. The van der Waals surface area contributed by atoms with Gasteiger partial charge in [0, 0.05) is 49.6 Å². The Bertz CT molecular complexity index is 1140. The fourth-order valence-corrected chi connectivity index (χ4v) is 4.77. The number of nitrogens with one attached hydrogen (secondary N) is 2. The molecule has 10 heteroatoms. The number of anilines is 3. The van der Waals surface area contributed by atoms with Gasteiger partial charge in [0.25, 0.3) is 0 Å². The number of rotatable bonds is 5. The summed E-state index contributed by atoms with van der Waals surface area (Å²) in [6.45, 7) is 3.99. The van der Waals surface area contributed by atoms with E-state index >= 15 is 0 Å². The summed E-state index contributed by atoms with van der Waals surface area (Å²) >= 11 is 0. The van der Waals surface area contributed by atoms with Gasteiger partial charge in [0.15, 0.2) is 5.82 Å². The second-order valence-corrected chi connectivity index (χ2v) is 9.19. The predicted molar refractivity (Wildman–Crippen MR) is 116 cm³/mol. The van der Waals surface area contributed by atoms with Crippen LogP contribution in [0.5, 0.6) is 0 Å². The summed E-state index contributed by atoms with van der Waals surface area (Å²) in [5.41, 5.74) is 7.19. The van der Waals surface area contributed by atoms with Crippen molar-refractivity contribution in [3.05, 3.63) is 30.1 Å². The van der Waals surface area contributed by atoms with Gasteiger partial charge in [-0.05, 0) is 44.7 Å². The number of amides is 1. The molecule has 1 saturated carbocycles. The van der Waals surface area contributed by atoms with Gasteiger partial charge >= 0.3 is 0 Å². The Morgan fingerprint density at radius 2 is 2.16 bits per heavy atom. The number of likely N-dealkylation sites (tertiary alicyclic amines) is 1. The second kappa shape index (κ2) is 6.68. The molecule has 162 valence electrons. The largest absolute Gasteiger partial charge is 0.337 e. The average molecular weight is 422 g/mol. The Morgan fingerprint density at radius 1 is 1.32 bits per heavy atom. The zero-order valence-corrected chi connectivity index (χ0v) is 17.6. The van der Waals surface area contributed by atoms with Gasteiger partial charge in [-0.15, -0.1) is 0 Å². The molecule has 1 amide bonds. The van der Waals surface area contributed by atoms with E-state index in [4.69, 9.17) is 15.7 Å². The first kappa shape index (κ1) is 18.6. The number of hydrogen-bond donors (Lipinski definition) is 3. The van der Waals surface area contributed by atoms with Crippen LogP contribution in [0.1, 0.15) is 44.2 Å². The van der Waals surface area contributed by atoms with Crippen LogP contribution in [0, 0.1) is 0 Å². The first-order valence-electron chi connectivity index (χ1n) is 11.0. The molecule has 1 atom stereocenters. The number of fused-ring (bicyclic) bond motifs is 1. The van der Waals surface area contributed by atoms with E-state index in [1.807, 2.05) is 40.6 Å². The normalized spacial score (nSPS) is 24.1. The maximum Gasteiger partial charge on any atom is 0.248 e. The molecule has 3 aromatic rings. The topological polar surface area (TPSA) is 120 Å². The van der Waals surface area contributed by atoms with E-state index in [-0.39, 0.29) is 11.9 Å². The van der Waals surface area contributed by atoms with Gasteiger partial charge in [0.05, 0.1) is 0 Å². The molecule has 31 heavy (non-hydrogen) atoms. The van der Waals surface area contributed by atoms with Crippen molar-refractivity contribution in [2.24, 2.45) is 5.73 Å². The standard InChI is InChI=1S/C21H27N9O/c1-21(18(31)28-11-14(22)12-28)7-3-9-30(21)20-24-17-4-2-8-29(17)19(25-20)23-16-10-15(26-27-16)13-5-6-13/h2,4,8,10,13-14H,3,5-7,9,11-12,22H2,1H3,(H2,23,24,25,26,27). The smallest absolute Gasteiger partial charge is 0.248 e. The minimum Gasteiger partial charge on any atom is -0.337 e. The zero-order chi connectivity index (χ0) is 21.2. The third-order valence-corrected chi connectivity index (χ3v) is 6.77. The van der Waals surface area contributed by atoms with Crippen molar-refractivity contribution in [2.45, 2.75) is 50.1 Å². The van der Waals surface area contributed by atoms with E-state index in [1.165, 1.54) is 12.8 Å². The average Bonchev–Trinajstić information content (AvgIpc) is 3.12. The lowest BCUT2D eigenvalue weighted by molar-refractivity contribution is -0.140. The van der Waals surface area contributed by atoms with E-state index in [9.17, 15) is 4.79 Å². The summed E-state index contributed by atoms with van der Waals surface area (Å²) < 4.78 is 1.90. The number of carbonyl (C=O) groups excluding carboxylic acids is 1. The Labute approximate surface area is 179 Å². The Hall–Kier alpha value is -3.14. The second-order valence-electron chi connectivity index (χ2n) is 9.19. The van der Waals surface area contributed by atoms with Crippen LogP contribution in [-0.4, -0.2) is 66.6 Å². The Kier molecular flexibility index (Phi) is 4.01. The molecule has 3 fully saturated rings. The monoisotopic (exact) mass is 421 g/mol. The third kappa shape index (κ3) is 3.04. The van der Waals surface area contributed by atoms with Crippen LogP contribution in [0.15, 0.2) is 24.4 Å². The van der Waals surface area contributed by atoms with Gasteiger partial charge in [0.1, 0.15) is 11.2 Å². The van der Waals surface area contributed by atoms with Gasteiger partial charge in [-0.1, -0.05) is 0 Å². The number of carbonyl (C=O) groups is 1. The quantitative estimate of drug-likeness (QED) is 0.572. The lowest BCUT2D eigenvalue weighted by Crippen LogP contribution is -2.65. The maximum atomic E-state index is 13.3. The summed E-state index contributed by atoms with van der Waals surface area (Å²) in [6, 6.07) is 6.02. The van der Waals surface area contributed by atoms with Crippen LogP contribution in [0.2, 0.25) is 0 Å². The fourth-order valence-electron chi connectivity index (χ4n) is 4.77. The minimum atomic E-state index is -0.659. The van der Waals surface area contributed by atoms with Crippen molar-refractivity contribution in [3.8, 4) is 0 Å². The number of nitrogens with zero attached hydrogens (tertiary/aromatic N) is 6. The Balaban J connectivity index is 1.33. The number of aromatic amines is 1. The number of hydrogen-bond acceptors (Lipinski definition) is 7. The van der Waals surface area contributed by atoms with E-state index in [1.54, 1.807) is 0 Å². The highest BCUT2D eigenvalue weighted by Crippen LogP contribution is 2.40. The summed E-state index contributed by atoms with van der Waals surface area (Å²) in [5.74, 6) is 2.63. The molecule has 0 bridgehead atoms. The highest BCUT2D eigenvalue weighted by molar-refractivity contribution is 5.90. The first-order valence-corrected chi connectivity index (χ1v) is 11.0. The molecule has 1 unspecified atom stereocenters. The van der Waals surface area contributed by atoms with Gasteiger partial charge in [0.2, 0.25) is 17.8 Å². The van der Waals surface area contributed by atoms with E-state index < -0.39 is 5.54 Å². The number of nitrogens with two attached hydrogens (primary N) is 1. The fraction of sp³-hybridized carbons (Fsp3) is 0.524. The molecule has 0 spiro atoms. The minimum absolute atomic E-state index is 0.0842. The summed E-state index contributed by atoms with van der Waals surface area (Å²) in [5, 5.41) is 10.9. The van der Waals surface area contributed by atoms with E-state index in [2.05, 4.69) is 20.4 Å². The summed E-state index contributed by atoms with van der Waals surface area (Å²) in [6.07, 6.45) is 6.05. The Morgan fingerprint density at radius 3 is 2.94 bits per heavy atom. The molecule has 5 heterocycles. The first-order chi connectivity index (χ1) is 15.0. The van der Waals surface area contributed by atoms with E-state index in [0.717, 1.165) is 36.5 Å². The molecule has 0 radical (unpaired) electrons. The van der Waals surface area contributed by atoms with Crippen LogP contribution in [0.4, 0.5) is 17.7 Å². The van der Waals surface area contributed by atoms with Crippen LogP contribution < -0.4 is 16.0 Å². The van der Waals surface area contributed by atoms with Crippen LogP contribution >= 0.6 is 0 Å². The van der Waals surface area contributed by atoms with E-state index in [0.29, 0.717) is 30.9 Å². The molecule has 2 aliphatic heterocycles. The molecule has 3 aliphatic rings. The van der Waals surface area contributed by atoms with Crippen molar-refractivity contribution in [1.82, 2.24) is 29.5 Å². The maximum absolute atomic E-state index is 13.3. The molecule has 2 saturated heterocycles. The molecular weight excluding hydrogens is 394 g/mol. The molecule has 0 aromatic carbocycles. The van der Waals surface area contributed by atoms with Gasteiger partial charge in [-0.3, -0.25) is 14.3 Å². The third-order valence-electron chi connectivity index (χ3n) is 6.77. The van der Waals surface area contributed by atoms with Crippen molar-refractivity contribution >= 4 is 29.3 Å². The van der Waals surface area contributed by atoms with Crippen molar-refractivity contribution in [2.75, 3.05) is 29.9 Å². The molecule has 4 N–H and O–H groups in total. The molecule has 6 rings (SSSR count). The molecular formula is C21H27N9O. The molecule has 10 nitrogen and oxygen atoms in total. The SMILES string of the molecule is CC1(C(=O)N2CC(N)C2)CCCN1c1nc(Nc2cc(C3CC3)[nH]n2)n2cccc2n1. The molecule has 1 aliphatic carbocycles. The van der Waals surface area contributed by atoms with Crippen LogP contribution in [-0.2, 0) is 4.79 Å². The molecule has 3 aromatic heterocycles.